The van der Waals surface area contributed by atoms with Gasteiger partial charge in [0, 0.05) is 32.4 Å². The van der Waals surface area contributed by atoms with Gasteiger partial charge in [0.25, 0.3) is 5.91 Å². The van der Waals surface area contributed by atoms with E-state index >= 15 is 0 Å². The van der Waals surface area contributed by atoms with E-state index in [0.717, 1.165) is 42.2 Å². The molecule has 2 aromatic rings. The molecule has 0 unspecified atom stereocenters. The number of nitrogens with one attached hydrogen (secondary N) is 1. The van der Waals surface area contributed by atoms with Crippen molar-refractivity contribution in [3.8, 4) is 0 Å². The van der Waals surface area contributed by atoms with Crippen LogP contribution in [0.2, 0.25) is 0 Å². The number of pyridine rings is 1. The number of nitrogens with zero attached hydrogens (tertiary/aromatic N) is 3. The van der Waals surface area contributed by atoms with E-state index in [4.69, 9.17) is 0 Å². The summed E-state index contributed by atoms with van der Waals surface area (Å²) in [5.41, 5.74) is 2.64. The van der Waals surface area contributed by atoms with Crippen LogP contribution in [0.25, 0.3) is 5.65 Å². The van der Waals surface area contributed by atoms with Crippen molar-refractivity contribution in [2.45, 2.75) is 57.7 Å². The molecule has 1 amide bonds. The van der Waals surface area contributed by atoms with E-state index in [2.05, 4.69) is 15.2 Å². The Balaban J connectivity index is 1.17. The van der Waals surface area contributed by atoms with Gasteiger partial charge in [0.05, 0.1) is 5.69 Å². The number of carbonyl (C=O) groups is 1. The van der Waals surface area contributed by atoms with Crippen molar-refractivity contribution >= 4 is 11.6 Å². The predicted octanol–water partition coefficient (Wildman–Crippen LogP) is 3.82. The summed E-state index contributed by atoms with van der Waals surface area (Å²) in [4.78, 5) is 19.9. The van der Waals surface area contributed by atoms with Gasteiger partial charge in [-0.2, -0.15) is 0 Å². The number of carbonyl (C=O) groups excluding carboxylic acids is 1. The lowest BCUT2D eigenvalue weighted by molar-refractivity contribution is -0.0503. The molecule has 7 rings (SSSR count). The van der Waals surface area contributed by atoms with Crippen molar-refractivity contribution in [2.24, 2.45) is 23.2 Å². The molecule has 0 radical (unpaired) electrons. The molecule has 1 aliphatic heterocycles. The summed E-state index contributed by atoms with van der Waals surface area (Å²) in [6.45, 7) is 2.69. The van der Waals surface area contributed by atoms with Gasteiger partial charge < -0.3 is 5.32 Å². The lowest BCUT2D eigenvalue weighted by atomic mass is 9.49. The number of halogens is 1. The van der Waals surface area contributed by atoms with E-state index in [0.29, 0.717) is 30.6 Å². The highest BCUT2D eigenvalue weighted by Gasteiger charge is 2.50. The van der Waals surface area contributed by atoms with Gasteiger partial charge in [-0.1, -0.05) is 6.07 Å². The number of hydrogen-bond donors (Lipinski definition) is 1. The van der Waals surface area contributed by atoms with Crippen LogP contribution in [0.3, 0.4) is 0 Å². The molecule has 5 nitrogen and oxygen atoms in total. The van der Waals surface area contributed by atoms with Crippen LogP contribution in [0.1, 0.15) is 61.1 Å². The van der Waals surface area contributed by atoms with E-state index in [9.17, 15) is 9.18 Å². The fraction of sp³-hybridized carbons (Fsp3) is 0.667. The number of imidazole rings is 1. The molecule has 2 aromatic heterocycles. The number of alkyl halides is 1. The molecule has 160 valence electrons. The van der Waals surface area contributed by atoms with Gasteiger partial charge >= 0.3 is 0 Å². The standard InChI is InChI=1S/C24H31FN4O/c25-19-4-5-28(12-19)13-20-14-29-21(2-1-3-22(29)27-20)23(30)26-15-24-9-16-6-17(10-24)8-18(7-16)11-24/h1-3,14,16-19H,4-13,15H2,(H,26,30)/t16?,17?,18?,19-,24?/m0/s1. The van der Waals surface area contributed by atoms with Crippen LogP contribution >= 0.6 is 0 Å². The zero-order valence-electron chi connectivity index (χ0n) is 17.5. The van der Waals surface area contributed by atoms with Crippen LogP contribution in [0.4, 0.5) is 4.39 Å². The Morgan fingerprint density at radius 1 is 1.17 bits per heavy atom. The molecule has 3 heterocycles. The molecular formula is C24H31FN4O. The van der Waals surface area contributed by atoms with Gasteiger partial charge in [0.1, 0.15) is 17.5 Å². The van der Waals surface area contributed by atoms with Crippen molar-refractivity contribution < 1.29 is 9.18 Å². The molecule has 30 heavy (non-hydrogen) atoms. The molecule has 1 N–H and O–H groups in total. The van der Waals surface area contributed by atoms with Crippen molar-refractivity contribution in [1.82, 2.24) is 19.6 Å². The normalized spacial score (nSPS) is 35.4. The molecule has 4 saturated carbocycles. The first-order chi connectivity index (χ1) is 14.6. The van der Waals surface area contributed by atoms with Crippen molar-refractivity contribution in [2.75, 3.05) is 19.6 Å². The minimum absolute atomic E-state index is 0.00899. The summed E-state index contributed by atoms with van der Waals surface area (Å²) in [6, 6.07) is 5.71. The fourth-order valence-electron chi connectivity index (χ4n) is 7.35. The lowest BCUT2D eigenvalue weighted by Gasteiger charge is -2.56. The average Bonchev–Trinajstić information content (AvgIpc) is 3.30. The number of likely N-dealkylation sites (tertiary alicyclic amines) is 1. The van der Waals surface area contributed by atoms with Gasteiger partial charge in [-0.15, -0.1) is 0 Å². The van der Waals surface area contributed by atoms with Gasteiger partial charge in [-0.3, -0.25) is 14.1 Å². The Morgan fingerprint density at radius 2 is 1.90 bits per heavy atom. The number of amides is 1. The second kappa shape index (κ2) is 7.04. The van der Waals surface area contributed by atoms with Crippen LogP contribution in [0.5, 0.6) is 0 Å². The van der Waals surface area contributed by atoms with Crippen molar-refractivity contribution in [3.63, 3.8) is 0 Å². The van der Waals surface area contributed by atoms with Crippen LogP contribution in [-0.4, -0.2) is 46.0 Å². The summed E-state index contributed by atoms with van der Waals surface area (Å²) in [5, 5.41) is 3.29. The Kier molecular flexibility index (Phi) is 4.41. The zero-order valence-corrected chi connectivity index (χ0v) is 17.5. The number of aromatic nitrogens is 2. The predicted molar refractivity (Wildman–Crippen MR) is 113 cm³/mol. The smallest absolute Gasteiger partial charge is 0.268 e. The Labute approximate surface area is 177 Å². The quantitative estimate of drug-likeness (QED) is 0.815. The van der Waals surface area contributed by atoms with Gasteiger partial charge in [-0.25, -0.2) is 9.37 Å². The van der Waals surface area contributed by atoms with Gasteiger partial charge in [0.15, 0.2) is 0 Å². The molecule has 1 atom stereocenters. The van der Waals surface area contributed by atoms with Crippen LogP contribution in [0.15, 0.2) is 24.4 Å². The van der Waals surface area contributed by atoms with Crippen molar-refractivity contribution in [1.29, 1.82) is 0 Å². The second-order valence-corrected chi connectivity index (χ2v) is 10.6. The van der Waals surface area contributed by atoms with Crippen LogP contribution in [-0.2, 0) is 6.54 Å². The Hall–Kier alpha value is -1.95. The maximum absolute atomic E-state index is 13.5. The third kappa shape index (κ3) is 3.33. The molecular weight excluding hydrogens is 379 g/mol. The number of fused-ring (bicyclic) bond motifs is 1. The Bertz CT molecular complexity index is 934. The molecule has 5 aliphatic rings. The summed E-state index contributed by atoms with van der Waals surface area (Å²) in [6.07, 6.45) is 9.97. The maximum Gasteiger partial charge on any atom is 0.268 e. The van der Waals surface area contributed by atoms with E-state index < -0.39 is 6.17 Å². The number of rotatable bonds is 5. The zero-order chi connectivity index (χ0) is 20.3. The van der Waals surface area contributed by atoms with Crippen LogP contribution in [0, 0.1) is 23.2 Å². The molecule has 4 aliphatic carbocycles. The van der Waals surface area contributed by atoms with Crippen molar-refractivity contribution in [3.05, 3.63) is 35.8 Å². The minimum atomic E-state index is -0.729. The largest absolute Gasteiger partial charge is 0.350 e. The third-order valence-electron chi connectivity index (χ3n) is 8.16. The maximum atomic E-state index is 13.5. The third-order valence-corrected chi connectivity index (χ3v) is 8.16. The molecule has 1 saturated heterocycles. The average molecular weight is 411 g/mol. The SMILES string of the molecule is O=C(NCC12CC3CC(CC(C3)C1)C2)c1cccc2nc(CN3CC[C@H](F)C3)cn12. The minimum Gasteiger partial charge on any atom is -0.350 e. The van der Waals surface area contributed by atoms with Gasteiger partial charge in [0.2, 0.25) is 0 Å². The summed E-state index contributed by atoms with van der Waals surface area (Å²) >= 11 is 0. The number of hydrogen-bond acceptors (Lipinski definition) is 3. The summed E-state index contributed by atoms with van der Waals surface area (Å²) in [5.74, 6) is 2.66. The first kappa shape index (κ1) is 18.8. The summed E-state index contributed by atoms with van der Waals surface area (Å²) in [7, 11) is 0. The van der Waals surface area contributed by atoms with E-state index in [-0.39, 0.29) is 5.91 Å². The fourth-order valence-corrected chi connectivity index (χ4v) is 7.35. The van der Waals surface area contributed by atoms with Gasteiger partial charge in [-0.05, 0) is 80.2 Å². The molecule has 6 heteroatoms. The highest BCUT2D eigenvalue weighted by atomic mass is 19.1. The van der Waals surface area contributed by atoms with E-state index in [1.807, 2.05) is 28.8 Å². The molecule has 0 aromatic carbocycles. The monoisotopic (exact) mass is 410 g/mol. The highest BCUT2D eigenvalue weighted by molar-refractivity contribution is 5.93. The topological polar surface area (TPSA) is 49.6 Å². The molecule has 0 spiro atoms. The van der Waals surface area contributed by atoms with Crippen LogP contribution < -0.4 is 5.32 Å². The van der Waals surface area contributed by atoms with E-state index in [1.165, 1.54) is 38.5 Å². The molecule has 4 bridgehead atoms. The van der Waals surface area contributed by atoms with E-state index in [1.54, 1.807) is 0 Å². The highest BCUT2D eigenvalue weighted by Crippen LogP contribution is 2.59. The summed E-state index contributed by atoms with van der Waals surface area (Å²) < 4.78 is 15.4. The first-order valence-corrected chi connectivity index (χ1v) is 11.7. The second-order valence-electron chi connectivity index (χ2n) is 10.6. The first-order valence-electron chi connectivity index (χ1n) is 11.7. The molecule has 5 fully saturated rings. The Morgan fingerprint density at radius 3 is 2.57 bits per heavy atom. The lowest BCUT2D eigenvalue weighted by Crippen LogP contribution is -2.51.